The van der Waals surface area contributed by atoms with Gasteiger partial charge in [-0.1, -0.05) is 19.8 Å². The number of halogens is 2. The Bertz CT molecular complexity index is 451. The number of ketones is 1. The smallest absolute Gasteiger partial charge is 0.451 e. The van der Waals surface area contributed by atoms with E-state index in [0.717, 1.165) is 25.9 Å². The highest BCUT2D eigenvalue weighted by atomic mass is 35.5. The summed E-state index contributed by atoms with van der Waals surface area (Å²) in [5.74, 6) is -0.801. The normalized spacial score (nSPS) is 18.1. The summed E-state index contributed by atoms with van der Waals surface area (Å²) >= 11 is 0. The van der Waals surface area contributed by atoms with Crippen molar-refractivity contribution < 1.29 is 30.2 Å². The number of likely N-dealkylation sites (tertiary alicyclic amines) is 1. The second-order valence-corrected chi connectivity index (χ2v) is 7.40. The van der Waals surface area contributed by atoms with E-state index >= 15 is 0 Å². The molecule has 0 aromatic heterocycles. The molecule has 8 nitrogen and oxygen atoms in total. The maximum atomic E-state index is 11.7. The first kappa shape index (κ1) is 31.3. The van der Waals surface area contributed by atoms with Crippen LogP contribution in [0.15, 0.2) is 0 Å². The van der Waals surface area contributed by atoms with Gasteiger partial charge >= 0.3 is 13.1 Å². The van der Waals surface area contributed by atoms with Gasteiger partial charge in [-0.25, -0.2) is 0 Å². The fourth-order valence-corrected chi connectivity index (χ4v) is 3.09. The predicted octanol–water partition coefficient (Wildman–Crippen LogP) is 0.512. The second-order valence-electron chi connectivity index (χ2n) is 7.40. The molecular formula is C16H35BCl2N2O6. The summed E-state index contributed by atoms with van der Waals surface area (Å²) in [7, 11) is -1.36. The van der Waals surface area contributed by atoms with Crippen LogP contribution in [-0.2, 0) is 9.59 Å². The average Bonchev–Trinajstić information content (AvgIpc) is 2.50. The van der Waals surface area contributed by atoms with Crippen molar-refractivity contribution in [2.45, 2.75) is 64.2 Å². The Hall–Kier alpha value is -0.415. The van der Waals surface area contributed by atoms with Crippen LogP contribution in [0.4, 0.5) is 0 Å². The zero-order valence-electron chi connectivity index (χ0n) is 16.1. The number of nitrogens with zero attached hydrogens (tertiary/aromatic N) is 1. The number of aliphatic carboxylic acids is 1. The van der Waals surface area contributed by atoms with E-state index in [2.05, 4.69) is 4.90 Å². The highest BCUT2D eigenvalue weighted by Crippen LogP contribution is 2.32. The van der Waals surface area contributed by atoms with Crippen LogP contribution in [0.3, 0.4) is 0 Å². The molecule has 1 rings (SSSR count). The van der Waals surface area contributed by atoms with E-state index in [1.54, 1.807) is 6.92 Å². The van der Waals surface area contributed by atoms with Crippen LogP contribution in [0.5, 0.6) is 0 Å². The molecule has 1 heterocycles. The molecule has 0 aromatic rings. The van der Waals surface area contributed by atoms with E-state index in [-0.39, 0.29) is 47.8 Å². The van der Waals surface area contributed by atoms with Crippen molar-refractivity contribution in [3.8, 4) is 0 Å². The molecule has 0 radical (unpaired) electrons. The Balaban J connectivity index is -0.00000192. The first-order valence-electron chi connectivity index (χ1n) is 8.71. The van der Waals surface area contributed by atoms with Crippen molar-refractivity contribution in [3.05, 3.63) is 0 Å². The Morgan fingerprint density at radius 3 is 2.07 bits per heavy atom. The van der Waals surface area contributed by atoms with E-state index in [9.17, 15) is 14.7 Å². The molecule has 0 bridgehead atoms. The summed E-state index contributed by atoms with van der Waals surface area (Å²) in [5, 5.41) is 27.1. The van der Waals surface area contributed by atoms with Gasteiger partial charge in [-0.05, 0) is 52.0 Å². The number of carboxylic acid groups (broad SMARTS) is 1. The lowest BCUT2D eigenvalue weighted by atomic mass is 9.77. The molecule has 1 fully saturated rings. The van der Waals surface area contributed by atoms with E-state index in [4.69, 9.17) is 15.8 Å². The van der Waals surface area contributed by atoms with Gasteiger partial charge in [-0.3, -0.25) is 9.59 Å². The lowest BCUT2D eigenvalue weighted by Crippen LogP contribution is -2.51. The summed E-state index contributed by atoms with van der Waals surface area (Å²) in [6.45, 7) is 5.78. The minimum Gasteiger partial charge on any atom is -0.480 e. The van der Waals surface area contributed by atoms with Crippen molar-refractivity contribution in [3.63, 3.8) is 0 Å². The molecule has 1 aliphatic rings. The van der Waals surface area contributed by atoms with Gasteiger partial charge < -0.3 is 31.3 Å². The largest absolute Gasteiger partial charge is 0.480 e. The van der Waals surface area contributed by atoms with E-state index in [1.807, 2.05) is 6.92 Å². The fourth-order valence-electron chi connectivity index (χ4n) is 3.09. The number of carbonyl (C=O) groups excluding carboxylic acids is 1. The molecule has 0 spiro atoms. The average molecular weight is 433 g/mol. The maximum Gasteiger partial charge on any atom is 0.451 e. The maximum absolute atomic E-state index is 11.7. The third-order valence-corrected chi connectivity index (χ3v) is 5.44. The lowest BCUT2D eigenvalue weighted by molar-refractivity contribution is -0.144. The van der Waals surface area contributed by atoms with Gasteiger partial charge in [0, 0.05) is 12.0 Å². The van der Waals surface area contributed by atoms with E-state index in [0.29, 0.717) is 32.2 Å². The molecule has 0 aromatic carbocycles. The summed E-state index contributed by atoms with van der Waals surface area (Å²) in [6.07, 6.45) is 3.55. The number of hydrogen-bond acceptors (Lipinski definition) is 6. The Labute approximate surface area is 174 Å². The molecular weight excluding hydrogens is 398 g/mol. The number of hydrogen-bond donors (Lipinski definition) is 4. The molecule has 1 unspecified atom stereocenters. The minimum absolute atomic E-state index is 0. The van der Waals surface area contributed by atoms with Gasteiger partial charge in [-0.2, -0.15) is 0 Å². The van der Waals surface area contributed by atoms with Crippen LogP contribution < -0.4 is 5.73 Å². The first-order valence-corrected chi connectivity index (χ1v) is 8.71. The number of rotatable bonds is 10. The van der Waals surface area contributed by atoms with Gasteiger partial charge in [0.15, 0.2) is 0 Å². The third kappa shape index (κ3) is 10.1. The molecule has 11 heteroatoms. The van der Waals surface area contributed by atoms with Gasteiger partial charge in [0.25, 0.3) is 0 Å². The second kappa shape index (κ2) is 13.7. The van der Waals surface area contributed by atoms with Crippen molar-refractivity contribution in [2.24, 2.45) is 11.1 Å². The van der Waals surface area contributed by atoms with Crippen molar-refractivity contribution in [1.29, 1.82) is 0 Å². The summed E-state index contributed by atoms with van der Waals surface area (Å²) < 4.78 is 0. The van der Waals surface area contributed by atoms with Gasteiger partial charge in [0.05, 0.1) is 0 Å². The zero-order chi connectivity index (χ0) is 18.4. The number of piperidine rings is 1. The third-order valence-electron chi connectivity index (χ3n) is 5.44. The number of Topliss-reactive ketones (excluding diaryl/α,β-unsaturated/α-hetero) is 1. The lowest BCUT2D eigenvalue weighted by Gasteiger charge is -2.38. The molecule has 0 aliphatic carbocycles. The Kier molecular flexibility index (Phi) is 15.9. The molecule has 162 valence electrons. The number of carboxylic acids is 1. The molecule has 27 heavy (non-hydrogen) atoms. The topological polar surface area (TPSA) is 156 Å². The van der Waals surface area contributed by atoms with Gasteiger partial charge in [-0.15, -0.1) is 24.8 Å². The fraction of sp³-hybridized carbons (Fsp3) is 0.875. The number of nitrogens with two attached hydrogens (primary N) is 1. The van der Waals surface area contributed by atoms with Crippen LogP contribution in [0.2, 0.25) is 6.32 Å². The zero-order valence-corrected chi connectivity index (χ0v) is 17.8. The molecule has 1 aliphatic heterocycles. The first-order chi connectivity index (χ1) is 11.1. The molecule has 1 saturated heterocycles. The molecule has 0 amide bonds. The van der Waals surface area contributed by atoms with E-state index in [1.165, 1.54) is 0 Å². The van der Waals surface area contributed by atoms with Crippen LogP contribution in [-0.4, -0.2) is 69.6 Å². The molecule has 1 atom stereocenters. The Morgan fingerprint density at radius 2 is 1.67 bits per heavy atom. The number of carbonyl (C=O) groups is 2. The minimum atomic E-state index is -1.36. The van der Waals surface area contributed by atoms with E-state index < -0.39 is 18.6 Å². The summed E-state index contributed by atoms with van der Waals surface area (Å²) in [6, 6.07) is 0. The standard InChI is InChI=1S/C16H31BN2O5.2ClH.H2O/c1-13(20)15(2)6-10-19(11-7-15)12-8-16(18,14(21)22)5-3-4-9-17(23)24;;;/h23-24H,3-12,18H2,1-2H3,(H,21,22);2*1H;1H2. The van der Waals surface area contributed by atoms with Crippen molar-refractivity contribution >= 4 is 43.7 Å². The molecule has 0 saturated carbocycles. The highest BCUT2D eigenvalue weighted by Gasteiger charge is 2.37. The van der Waals surface area contributed by atoms with Crippen LogP contribution in [0.1, 0.15) is 52.4 Å². The quantitative estimate of drug-likeness (QED) is 0.289. The molecule has 7 N–H and O–H groups in total. The van der Waals surface area contributed by atoms with Crippen LogP contribution in [0, 0.1) is 5.41 Å². The van der Waals surface area contributed by atoms with Crippen LogP contribution in [0.25, 0.3) is 0 Å². The van der Waals surface area contributed by atoms with Crippen molar-refractivity contribution in [2.75, 3.05) is 19.6 Å². The van der Waals surface area contributed by atoms with Gasteiger partial charge in [0.2, 0.25) is 0 Å². The predicted molar refractivity (Wildman–Crippen MR) is 111 cm³/mol. The van der Waals surface area contributed by atoms with Crippen LogP contribution >= 0.6 is 24.8 Å². The Morgan fingerprint density at radius 1 is 1.15 bits per heavy atom. The summed E-state index contributed by atoms with van der Waals surface area (Å²) in [4.78, 5) is 25.4. The van der Waals surface area contributed by atoms with Crippen molar-refractivity contribution in [1.82, 2.24) is 4.90 Å². The highest BCUT2D eigenvalue weighted by molar-refractivity contribution is 6.40. The summed E-state index contributed by atoms with van der Waals surface area (Å²) in [5.41, 5.74) is 4.53. The SMILES string of the molecule is CC(=O)C1(C)CCN(CCC(N)(CCCCB(O)O)C(=O)O)CC1.Cl.Cl.O. The monoisotopic (exact) mass is 432 g/mol. The van der Waals surface area contributed by atoms with Gasteiger partial charge in [0.1, 0.15) is 11.3 Å². The number of unbranched alkanes of at least 4 members (excludes halogenated alkanes) is 1.